The van der Waals surface area contributed by atoms with E-state index >= 15 is 0 Å². The van der Waals surface area contributed by atoms with Gasteiger partial charge in [0.1, 0.15) is 17.5 Å². The molecule has 2 aliphatic rings. The number of likely N-dealkylation sites (tertiary alicyclic amines) is 1. The number of benzene rings is 1. The zero-order valence-electron chi connectivity index (χ0n) is 18.2. The van der Waals surface area contributed by atoms with Crippen LogP contribution in [-0.2, 0) is 16.6 Å². The molecule has 2 aliphatic heterocycles. The summed E-state index contributed by atoms with van der Waals surface area (Å²) >= 11 is 0. The van der Waals surface area contributed by atoms with E-state index in [-0.39, 0.29) is 11.8 Å². The molecule has 2 aromatic rings. The van der Waals surface area contributed by atoms with Gasteiger partial charge in [0.15, 0.2) is 0 Å². The molecule has 1 N–H and O–H groups in total. The monoisotopic (exact) mass is 427 g/mol. The van der Waals surface area contributed by atoms with Gasteiger partial charge in [-0.25, -0.2) is 0 Å². The highest BCUT2D eigenvalue weighted by Crippen LogP contribution is 2.33. The Morgan fingerprint density at radius 1 is 1.23 bits per heavy atom. The summed E-state index contributed by atoms with van der Waals surface area (Å²) in [5.74, 6) is 0.444. The molecule has 166 valence electrons. The molecule has 0 radical (unpaired) electrons. The van der Waals surface area contributed by atoms with Crippen LogP contribution in [0.5, 0.6) is 5.75 Å². The average Bonchev–Trinajstić information content (AvgIpc) is 3.19. The summed E-state index contributed by atoms with van der Waals surface area (Å²) in [5.41, 5.74) is 0.686. The summed E-state index contributed by atoms with van der Waals surface area (Å²) in [6, 6.07) is 9.00. The SMILES string of the molecule is COc1cccc(NC(=O)[C@@H]2CN(C)CC3(CCN(C(=O)c4ccn(C)n4)CC3)O2)c1. The normalized spacial score (nSPS) is 21.1. The minimum absolute atomic E-state index is 0.0630. The fraction of sp³-hybridized carbons (Fsp3) is 0.500. The number of anilines is 1. The van der Waals surface area contributed by atoms with Crippen LogP contribution in [-0.4, -0.2) is 83.4 Å². The lowest BCUT2D eigenvalue weighted by Gasteiger charge is -2.48. The zero-order chi connectivity index (χ0) is 22.0. The topological polar surface area (TPSA) is 88.9 Å². The number of aromatic nitrogens is 2. The van der Waals surface area contributed by atoms with Gasteiger partial charge in [-0.15, -0.1) is 0 Å². The van der Waals surface area contributed by atoms with Crippen molar-refractivity contribution in [1.82, 2.24) is 19.6 Å². The molecule has 2 saturated heterocycles. The summed E-state index contributed by atoms with van der Waals surface area (Å²) in [6.07, 6.45) is 2.55. The lowest BCUT2D eigenvalue weighted by atomic mass is 9.88. The molecule has 0 saturated carbocycles. The first kappa shape index (κ1) is 21.3. The van der Waals surface area contributed by atoms with Crippen molar-refractivity contribution in [3.05, 3.63) is 42.2 Å². The highest BCUT2D eigenvalue weighted by Gasteiger charge is 2.45. The maximum atomic E-state index is 12.9. The lowest BCUT2D eigenvalue weighted by Crippen LogP contribution is -2.61. The van der Waals surface area contributed by atoms with Crippen LogP contribution in [0.3, 0.4) is 0 Å². The molecule has 2 amide bonds. The number of piperidine rings is 1. The fourth-order valence-corrected chi connectivity index (χ4v) is 4.36. The molecule has 0 aliphatic carbocycles. The number of hydrogen-bond donors (Lipinski definition) is 1. The van der Waals surface area contributed by atoms with Crippen molar-refractivity contribution in [1.29, 1.82) is 0 Å². The number of hydrogen-bond acceptors (Lipinski definition) is 6. The predicted molar refractivity (Wildman–Crippen MR) is 115 cm³/mol. The van der Waals surface area contributed by atoms with E-state index in [9.17, 15) is 9.59 Å². The van der Waals surface area contributed by atoms with Crippen molar-refractivity contribution in [2.24, 2.45) is 7.05 Å². The number of nitrogens with zero attached hydrogens (tertiary/aromatic N) is 4. The van der Waals surface area contributed by atoms with Gasteiger partial charge in [-0.2, -0.15) is 5.10 Å². The number of carbonyl (C=O) groups excluding carboxylic acids is 2. The molecule has 0 unspecified atom stereocenters. The van der Waals surface area contributed by atoms with Gasteiger partial charge in [0.25, 0.3) is 11.8 Å². The average molecular weight is 428 g/mol. The maximum Gasteiger partial charge on any atom is 0.274 e. The molecule has 1 atom stereocenters. The van der Waals surface area contributed by atoms with Crippen LogP contribution < -0.4 is 10.1 Å². The Labute approximate surface area is 181 Å². The summed E-state index contributed by atoms with van der Waals surface area (Å²) in [6.45, 7) is 2.41. The highest BCUT2D eigenvalue weighted by molar-refractivity contribution is 5.94. The summed E-state index contributed by atoms with van der Waals surface area (Å²) in [7, 11) is 5.39. The number of carbonyl (C=O) groups is 2. The van der Waals surface area contributed by atoms with Crippen LogP contribution in [0.2, 0.25) is 0 Å². The van der Waals surface area contributed by atoms with Crippen molar-refractivity contribution in [3.8, 4) is 5.75 Å². The third-order valence-electron chi connectivity index (χ3n) is 5.95. The smallest absolute Gasteiger partial charge is 0.274 e. The van der Waals surface area contributed by atoms with E-state index in [1.54, 1.807) is 37.2 Å². The van der Waals surface area contributed by atoms with E-state index < -0.39 is 11.7 Å². The number of likely N-dealkylation sites (N-methyl/N-ethyl adjacent to an activating group) is 1. The van der Waals surface area contributed by atoms with Crippen LogP contribution in [0.4, 0.5) is 5.69 Å². The first-order chi connectivity index (χ1) is 14.9. The Morgan fingerprint density at radius 2 is 2.00 bits per heavy atom. The van der Waals surface area contributed by atoms with E-state index in [0.717, 1.165) is 6.54 Å². The molecule has 9 heteroatoms. The molecule has 31 heavy (non-hydrogen) atoms. The van der Waals surface area contributed by atoms with E-state index in [1.165, 1.54) is 0 Å². The highest BCUT2D eigenvalue weighted by atomic mass is 16.5. The Morgan fingerprint density at radius 3 is 2.68 bits per heavy atom. The Balaban J connectivity index is 1.39. The van der Waals surface area contributed by atoms with Gasteiger partial charge in [-0.1, -0.05) is 6.07 Å². The first-order valence-corrected chi connectivity index (χ1v) is 10.5. The van der Waals surface area contributed by atoms with Crippen LogP contribution in [0.1, 0.15) is 23.3 Å². The van der Waals surface area contributed by atoms with E-state index in [2.05, 4.69) is 15.3 Å². The molecular formula is C22H29N5O4. The summed E-state index contributed by atoms with van der Waals surface area (Å²) < 4.78 is 13.2. The van der Waals surface area contributed by atoms with Crippen LogP contribution >= 0.6 is 0 Å². The van der Waals surface area contributed by atoms with Crippen LogP contribution in [0.15, 0.2) is 36.5 Å². The second-order valence-corrected chi connectivity index (χ2v) is 8.37. The quantitative estimate of drug-likeness (QED) is 0.793. The molecule has 2 fully saturated rings. The number of methoxy groups -OCH3 is 1. The van der Waals surface area contributed by atoms with Gasteiger partial charge in [-0.05, 0) is 38.1 Å². The van der Waals surface area contributed by atoms with Crippen molar-refractivity contribution in [2.75, 3.05) is 45.7 Å². The van der Waals surface area contributed by atoms with E-state index in [4.69, 9.17) is 9.47 Å². The molecule has 1 aromatic heterocycles. The van der Waals surface area contributed by atoms with Gasteiger partial charge in [0.05, 0.1) is 12.7 Å². The number of morpholine rings is 1. The molecule has 0 bridgehead atoms. The minimum Gasteiger partial charge on any atom is -0.497 e. The van der Waals surface area contributed by atoms with Crippen LogP contribution in [0.25, 0.3) is 0 Å². The second kappa shape index (κ2) is 8.68. The Kier molecular flexibility index (Phi) is 5.97. The Hall–Kier alpha value is -2.91. The standard InChI is InChI=1S/C22H29N5O4/c1-25-14-19(20(28)23-16-5-4-6-17(13-16)30-3)31-22(15-25)8-11-27(12-9-22)21(29)18-7-10-26(2)24-18/h4-7,10,13,19H,8-9,11-12,14-15H2,1-3H3,(H,23,28)/t19-/m0/s1. The van der Waals surface area contributed by atoms with Crippen molar-refractivity contribution < 1.29 is 19.1 Å². The molecule has 1 spiro atoms. The zero-order valence-corrected chi connectivity index (χ0v) is 18.2. The molecule has 4 rings (SSSR count). The molecule has 9 nitrogen and oxygen atoms in total. The second-order valence-electron chi connectivity index (χ2n) is 8.37. The van der Waals surface area contributed by atoms with Gasteiger partial charge >= 0.3 is 0 Å². The van der Waals surface area contributed by atoms with Crippen molar-refractivity contribution >= 4 is 17.5 Å². The summed E-state index contributed by atoms with van der Waals surface area (Å²) in [5, 5.41) is 7.15. The van der Waals surface area contributed by atoms with E-state index in [0.29, 0.717) is 49.6 Å². The van der Waals surface area contributed by atoms with Crippen molar-refractivity contribution in [2.45, 2.75) is 24.5 Å². The number of rotatable bonds is 4. The van der Waals surface area contributed by atoms with E-state index in [1.807, 2.05) is 30.1 Å². The number of amides is 2. The van der Waals surface area contributed by atoms with Gasteiger partial charge in [0, 0.05) is 51.2 Å². The van der Waals surface area contributed by atoms with Gasteiger partial charge in [0.2, 0.25) is 0 Å². The largest absolute Gasteiger partial charge is 0.497 e. The maximum absolute atomic E-state index is 12.9. The lowest BCUT2D eigenvalue weighted by molar-refractivity contribution is -0.176. The third-order valence-corrected chi connectivity index (χ3v) is 5.95. The minimum atomic E-state index is -0.581. The van der Waals surface area contributed by atoms with Crippen LogP contribution in [0, 0.1) is 0 Å². The van der Waals surface area contributed by atoms with Gasteiger partial charge < -0.3 is 24.6 Å². The number of nitrogens with one attached hydrogen (secondary N) is 1. The Bertz CT molecular complexity index is 951. The fourth-order valence-electron chi connectivity index (χ4n) is 4.36. The summed E-state index contributed by atoms with van der Waals surface area (Å²) in [4.78, 5) is 29.6. The molecule has 3 heterocycles. The molecule has 1 aromatic carbocycles. The van der Waals surface area contributed by atoms with Gasteiger partial charge in [-0.3, -0.25) is 14.3 Å². The first-order valence-electron chi connectivity index (χ1n) is 10.5. The number of aryl methyl sites for hydroxylation is 1. The third kappa shape index (κ3) is 4.72. The van der Waals surface area contributed by atoms with Crippen molar-refractivity contribution in [3.63, 3.8) is 0 Å². The molecular weight excluding hydrogens is 398 g/mol. The number of ether oxygens (including phenoxy) is 2. The predicted octanol–water partition coefficient (Wildman–Crippen LogP) is 1.37.